The van der Waals surface area contributed by atoms with Crippen molar-refractivity contribution >= 4 is 17.4 Å². The molecule has 1 aromatic carbocycles. The third-order valence-corrected chi connectivity index (χ3v) is 3.95. The van der Waals surface area contributed by atoms with Gasteiger partial charge in [-0.3, -0.25) is 9.59 Å². The second-order valence-corrected chi connectivity index (χ2v) is 5.65. The number of carbonyl (C=O) groups excluding carboxylic acids is 2. The fourth-order valence-corrected chi connectivity index (χ4v) is 2.87. The Kier molecular flexibility index (Phi) is 2.71. The molecule has 19 heavy (non-hydrogen) atoms. The number of rotatable bonds is 1. The Balaban J connectivity index is 2.07. The molecule has 0 bridgehead atoms. The van der Waals surface area contributed by atoms with E-state index in [2.05, 4.69) is 5.32 Å². The third-order valence-electron chi connectivity index (χ3n) is 3.95. The van der Waals surface area contributed by atoms with Gasteiger partial charge in [-0.25, -0.2) is 0 Å². The predicted molar refractivity (Wildman–Crippen MR) is 70.7 cm³/mol. The monoisotopic (exact) mass is 259 g/mol. The van der Waals surface area contributed by atoms with E-state index in [0.717, 1.165) is 11.3 Å². The van der Waals surface area contributed by atoms with Crippen molar-refractivity contribution in [2.45, 2.75) is 38.4 Å². The topological polar surface area (TPSA) is 55.4 Å². The first-order valence-electron chi connectivity index (χ1n) is 6.63. The number of para-hydroxylation sites is 1. The summed E-state index contributed by atoms with van der Waals surface area (Å²) in [5, 5.41) is 2.82. The molecule has 1 amide bonds. The molecule has 4 nitrogen and oxygen atoms in total. The first-order chi connectivity index (χ1) is 9.03. The van der Waals surface area contributed by atoms with Crippen molar-refractivity contribution in [1.82, 2.24) is 0 Å². The molecule has 2 aliphatic rings. The Morgan fingerprint density at radius 3 is 2.79 bits per heavy atom. The summed E-state index contributed by atoms with van der Waals surface area (Å²) >= 11 is 0. The van der Waals surface area contributed by atoms with Crippen molar-refractivity contribution in [3.05, 3.63) is 29.8 Å². The smallest absolute Gasteiger partial charge is 0.261 e. The highest BCUT2D eigenvalue weighted by Crippen LogP contribution is 2.45. The van der Waals surface area contributed by atoms with Crippen LogP contribution in [-0.4, -0.2) is 17.8 Å². The quantitative estimate of drug-likeness (QED) is 0.841. The minimum absolute atomic E-state index is 0.0943. The second kappa shape index (κ2) is 4.17. The van der Waals surface area contributed by atoms with E-state index in [1.54, 1.807) is 0 Å². The molecule has 0 saturated carbocycles. The molecule has 2 heterocycles. The van der Waals surface area contributed by atoms with Gasteiger partial charge in [0.1, 0.15) is 5.78 Å². The van der Waals surface area contributed by atoms with Gasteiger partial charge in [0.2, 0.25) is 0 Å². The molecule has 2 atom stereocenters. The van der Waals surface area contributed by atoms with Crippen molar-refractivity contribution < 1.29 is 14.3 Å². The van der Waals surface area contributed by atoms with Gasteiger partial charge in [0.25, 0.3) is 5.91 Å². The Morgan fingerprint density at radius 2 is 2.05 bits per heavy atom. The summed E-state index contributed by atoms with van der Waals surface area (Å²) in [5.74, 6) is 0.0888. The number of ether oxygens (including phenoxy) is 1. The van der Waals surface area contributed by atoms with Crippen LogP contribution in [0.4, 0.5) is 5.69 Å². The van der Waals surface area contributed by atoms with E-state index in [-0.39, 0.29) is 30.1 Å². The molecule has 1 spiro atoms. The molecule has 4 heteroatoms. The Morgan fingerprint density at radius 1 is 1.32 bits per heavy atom. The first kappa shape index (κ1) is 12.4. The molecular formula is C15H17NO3. The Labute approximate surface area is 112 Å². The van der Waals surface area contributed by atoms with Crippen molar-refractivity contribution in [3.8, 4) is 0 Å². The summed E-state index contributed by atoms with van der Waals surface area (Å²) < 4.78 is 6.07. The number of anilines is 1. The minimum Gasteiger partial charge on any atom is -0.356 e. The fourth-order valence-electron chi connectivity index (χ4n) is 2.87. The van der Waals surface area contributed by atoms with Crippen LogP contribution in [0.2, 0.25) is 0 Å². The molecule has 3 rings (SSSR count). The van der Waals surface area contributed by atoms with Gasteiger partial charge in [-0.15, -0.1) is 0 Å². The van der Waals surface area contributed by atoms with Crippen molar-refractivity contribution in [1.29, 1.82) is 0 Å². The van der Waals surface area contributed by atoms with E-state index < -0.39 is 5.60 Å². The van der Waals surface area contributed by atoms with Gasteiger partial charge in [0, 0.05) is 24.1 Å². The largest absolute Gasteiger partial charge is 0.356 e. The Hall–Kier alpha value is -1.68. The van der Waals surface area contributed by atoms with E-state index in [0.29, 0.717) is 6.42 Å². The third kappa shape index (κ3) is 1.78. The molecule has 1 fully saturated rings. The van der Waals surface area contributed by atoms with Crippen LogP contribution in [0.5, 0.6) is 0 Å². The van der Waals surface area contributed by atoms with Gasteiger partial charge in [-0.05, 0) is 12.0 Å². The zero-order chi connectivity index (χ0) is 13.6. The SMILES string of the molecule is CC(C)[C@H]1CC(=O)C[C@]2(O1)C(=O)Nc1ccccc12. The minimum atomic E-state index is -1.11. The molecule has 1 aromatic rings. The van der Waals surface area contributed by atoms with Crippen LogP contribution >= 0.6 is 0 Å². The summed E-state index contributed by atoms with van der Waals surface area (Å²) in [5.41, 5.74) is 0.435. The highest BCUT2D eigenvalue weighted by molar-refractivity contribution is 6.07. The van der Waals surface area contributed by atoms with Crippen LogP contribution in [0.1, 0.15) is 32.3 Å². The highest BCUT2D eigenvalue weighted by Gasteiger charge is 2.53. The van der Waals surface area contributed by atoms with Crippen LogP contribution < -0.4 is 5.32 Å². The molecule has 0 aromatic heterocycles. The number of hydrogen-bond acceptors (Lipinski definition) is 3. The van der Waals surface area contributed by atoms with Gasteiger partial charge in [0.15, 0.2) is 5.60 Å². The normalized spacial score (nSPS) is 29.7. The number of amides is 1. The Bertz CT molecular complexity index is 552. The molecule has 2 aliphatic heterocycles. The lowest BCUT2D eigenvalue weighted by Gasteiger charge is -2.37. The standard InChI is InChI=1S/C15H17NO3/c1-9(2)13-7-10(17)8-15(19-13)11-5-3-4-6-12(11)16-14(15)18/h3-6,9,13H,7-8H2,1-2H3,(H,16,18)/t13-,15-/m1/s1. The van der Waals surface area contributed by atoms with Gasteiger partial charge in [-0.2, -0.15) is 0 Å². The zero-order valence-electron chi connectivity index (χ0n) is 11.1. The summed E-state index contributed by atoms with van der Waals surface area (Å²) in [4.78, 5) is 24.4. The average Bonchev–Trinajstić information content (AvgIpc) is 2.62. The van der Waals surface area contributed by atoms with Crippen molar-refractivity contribution in [2.75, 3.05) is 5.32 Å². The number of hydrogen-bond donors (Lipinski definition) is 1. The number of benzene rings is 1. The number of carbonyl (C=O) groups is 2. The van der Waals surface area contributed by atoms with Gasteiger partial charge < -0.3 is 10.1 Å². The van der Waals surface area contributed by atoms with Crippen molar-refractivity contribution in [3.63, 3.8) is 0 Å². The van der Waals surface area contributed by atoms with Gasteiger partial charge in [0.05, 0.1) is 6.10 Å². The summed E-state index contributed by atoms with van der Waals surface area (Å²) in [6, 6.07) is 7.44. The van der Waals surface area contributed by atoms with Crippen LogP contribution in [0.15, 0.2) is 24.3 Å². The molecule has 1 N–H and O–H groups in total. The van der Waals surface area contributed by atoms with E-state index in [4.69, 9.17) is 4.74 Å². The molecule has 100 valence electrons. The lowest BCUT2D eigenvalue weighted by Crippen LogP contribution is -2.48. The average molecular weight is 259 g/mol. The maximum Gasteiger partial charge on any atom is 0.261 e. The lowest BCUT2D eigenvalue weighted by molar-refractivity contribution is -0.174. The lowest BCUT2D eigenvalue weighted by atomic mass is 9.83. The highest BCUT2D eigenvalue weighted by atomic mass is 16.5. The molecule has 0 unspecified atom stereocenters. The summed E-state index contributed by atoms with van der Waals surface area (Å²) in [6.07, 6.45) is 0.339. The van der Waals surface area contributed by atoms with E-state index in [1.807, 2.05) is 38.1 Å². The maximum atomic E-state index is 12.3. The zero-order valence-corrected chi connectivity index (χ0v) is 11.1. The van der Waals surface area contributed by atoms with Crippen LogP contribution in [0, 0.1) is 5.92 Å². The molecule has 1 saturated heterocycles. The van der Waals surface area contributed by atoms with Crippen LogP contribution in [0.25, 0.3) is 0 Å². The van der Waals surface area contributed by atoms with Crippen LogP contribution in [-0.2, 0) is 19.9 Å². The fraction of sp³-hybridized carbons (Fsp3) is 0.467. The first-order valence-corrected chi connectivity index (χ1v) is 6.63. The molecule has 0 aliphatic carbocycles. The maximum absolute atomic E-state index is 12.3. The van der Waals surface area contributed by atoms with Gasteiger partial charge in [-0.1, -0.05) is 32.0 Å². The molecule has 0 radical (unpaired) electrons. The second-order valence-electron chi connectivity index (χ2n) is 5.65. The number of Topliss-reactive ketones (excluding diaryl/α,β-unsaturated/α-hetero) is 1. The van der Waals surface area contributed by atoms with E-state index in [1.165, 1.54) is 0 Å². The number of ketones is 1. The summed E-state index contributed by atoms with van der Waals surface area (Å²) in [7, 11) is 0. The number of nitrogens with one attached hydrogen (secondary N) is 1. The summed E-state index contributed by atoms with van der Waals surface area (Å²) in [6.45, 7) is 4.02. The molecular weight excluding hydrogens is 242 g/mol. The van der Waals surface area contributed by atoms with Crippen LogP contribution in [0.3, 0.4) is 0 Å². The number of fused-ring (bicyclic) bond motifs is 2. The van der Waals surface area contributed by atoms with Gasteiger partial charge >= 0.3 is 0 Å². The van der Waals surface area contributed by atoms with Crippen molar-refractivity contribution in [2.24, 2.45) is 5.92 Å². The predicted octanol–water partition coefficient (Wildman–Crippen LogP) is 2.24. The van der Waals surface area contributed by atoms with E-state index >= 15 is 0 Å². The van der Waals surface area contributed by atoms with E-state index in [9.17, 15) is 9.59 Å².